The molecule has 1 aromatic heterocycles. The maximum atomic E-state index is 6.10. The van der Waals surface area contributed by atoms with Crippen LogP contribution in [0.25, 0.3) is 0 Å². The van der Waals surface area contributed by atoms with E-state index in [0.29, 0.717) is 37.5 Å². The van der Waals surface area contributed by atoms with Gasteiger partial charge in [0, 0.05) is 19.7 Å². The number of morpholine rings is 1. The Morgan fingerprint density at radius 1 is 1.33 bits per heavy atom. The lowest BCUT2D eigenvalue weighted by atomic mass is 9.99. The van der Waals surface area contributed by atoms with Crippen LogP contribution in [0.15, 0.2) is 22.7 Å². The van der Waals surface area contributed by atoms with Crippen molar-refractivity contribution in [3.63, 3.8) is 0 Å². The van der Waals surface area contributed by atoms with Gasteiger partial charge in [0.1, 0.15) is 6.61 Å². The minimum atomic E-state index is 0.0717. The lowest BCUT2D eigenvalue weighted by Crippen LogP contribution is -2.44. The van der Waals surface area contributed by atoms with Gasteiger partial charge in [-0.2, -0.15) is 4.98 Å². The largest absolute Gasteiger partial charge is 0.377 e. The first-order valence-corrected chi connectivity index (χ1v) is 8.30. The monoisotopic (exact) mass is 331 g/mol. The molecule has 0 radical (unpaired) electrons. The van der Waals surface area contributed by atoms with E-state index in [1.807, 2.05) is 0 Å². The second kappa shape index (κ2) is 7.42. The van der Waals surface area contributed by atoms with Crippen molar-refractivity contribution in [2.24, 2.45) is 0 Å². The zero-order valence-electron chi connectivity index (χ0n) is 14.8. The number of rotatable bonds is 5. The molecular formula is C18H25N3O3. The summed E-state index contributed by atoms with van der Waals surface area (Å²) in [5.74, 6) is 1.20. The van der Waals surface area contributed by atoms with Crippen LogP contribution in [0.2, 0.25) is 0 Å². The lowest BCUT2D eigenvalue weighted by molar-refractivity contribution is -0.0662. The van der Waals surface area contributed by atoms with Gasteiger partial charge in [-0.3, -0.25) is 4.90 Å². The van der Waals surface area contributed by atoms with Gasteiger partial charge in [0.05, 0.1) is 19.3 Å². The Hall–Kier alpha value is -1.76. The van der Waals surface area contributed by atoms with Gasteiger partial charge in [0.25, 0.3) is 0 Å². The highest BCUT2D eigenvalue weighted by atomic mass is 16.5. The van der Waals surface area contributed by atoms with Crippen molar-refractivity contribution in [3.05, 3.63) is 46.6 Å². The van der Waals surface area contributed by atoms with E-state index in [2.05, 4.69) is 54.0 Å². The fourth-order valence-electron chi connectivity index (χ4n) is 3.04. The quantitative estimate of drug-likeness (QED) is 0.839. The van der Waals surface area contributed by atoms with Crippen LogP contribution in [0.3, 0.4) is 0 Å². The second-order valence-corrected chi connectivity index (χ2v) is 6.50. The first kappa shape index (κ1) is 17.1. The molecule has 0 N–H and O–H groups in total. The summed E-state index contributed by atoms with van der Waals surface area (Å²) < 4.78 is 16.5. The lowest BCUT2D eigenvalue weighted by Gasteiger charge is -2.37. The Morgan fingerprint density at radius 2 is 2.17 bits per heavy atom. The van der Waals surface area contributed by atoms with E-state index < -0.39 is 0 Å². The molecule has 0 saturated carbocycles. The molecule has 6 heteroatoms. The maximum Gasteiger partial charge on any atom is 0.240 e. The zero-order valence-corrected chi connectivity index (χ0v) is 14.8. The average Bonchev–Trinajstić information content (AvgIpc) is 2.99. The molecule has 1 saturated heterocycles. The predicted molar refractivity (Wildman–Crippen MR) is 89.5 cm³/mol. The standard InChI is InChI=1S/C18H25N3O3/c1-12-5-6-13(2)15(7-12)16-8-21(14(3)10-23-16)9-18-19-17(11-22-4)20-24-18/h5-7,14,16H,8-11H2,1-4H3/t14-,16+/m0/s1. The van der Waals surface area contributed by atoms with Crippen LogP contribution in [0.1, 0.15) is 41.4 Å². The molecule has 0 spiro atoms. The van der Waals surface area contributed by atoms with E-state index in [4.69, 9.17) is 14.0 Å². The maximum absolute atomic E-state index is 6.10. The number of hydrogen-bond donors (Lipinski definition) is 0. The van der Waals surface area contributed by atoms with Crippen molar-refractivity contribution >= 4 is 0 Å². The highest BCUT2D eigenvalue weighted by molar-refractivity contribution is 5.32. The van der Waals surface area contributed by atoms with Crippen LogP contribution in [0, 0.1) is 13.8 Å². The third kappa shape index (κ3) is 3.83. The van der Waals surface area contributed by atoms with Crippen LogP contribution >= 0.6 is 0 Å². The number of hydrogen-bond acceptors (Lipinski definition) is 6. The van der Waals surface area contributed by atoms with Crippen molar-refractivity contribution in [1.29, 1.82) is 0 Å². The first-order valence-electron chi connectivity index (χ1n) is 8.30. The van der Waals surface area contributed by atoms with E-state index in [1.54, 1.807) is 7.11 Å². The molecule has 1 aliphatic rings. The summed E-state index contributed by atoms with van der Waals surface area (Å²) in [5, 5.41) is 3.93. The number of nitrogens with zero attached hydrogens (tertiary/aromatic N) is 3. The molecule has 24 heavy (non-hydrogen) atoms. The van der Waals surface area contributed by atoms with E-state index in [9.17, 15) is 0 Å². The molecule has 1 aromatic carbocycles. The molecule has 2 heterocycles. The summed E-state index contributed by atoms with van der Waals surface area (Å²) in [5.41, 5.74) is 3.78. The second-order valence-electron chi connectivity index (χ2n) is 6.50. The summed E-state index contributed by atoms with van der Waals surface area (Å²) >= 11 is 0. The van der Waals surface area contributed by atoms with Crippen molar-refractivity contribution in [3.8, 4) is 0 Å². The average molecular weight is 331 g/mol. The fraction of sp³-hybridized carbons (Fsp3) is 0.556. The molecule has 0 aliphatic carbocycles. The third-order valence-electron chi connectivity index (χ3n) is 4.47. The molecule has 2 aromatic rings. The number of ether oxygens (including phenoxy) is 2. The first-order chi connectivity index (χ1) is 11.6. The zero-order chi connectivity index (χ0) is 17.1. The molecule has 0 unspecified atom stereocenters. The summed E-state index contributed by atoms with van der Waals surface area (Å²) in [6.45, 7) is 8.91. The van der Waals surface area contributed by atoms with Gasteiger partial charge in [-0.25, -0.2) is 0 Å². The molecule has 130 valence electrons. The molecule has 1 fully saturated rings. The predicted octanol–water partition coefficient (Wildman–Crippen LogP) is 2.79. The molecule has 1 aliphatic heterocycles. The minimum absolute atomic E-state index is 0.0717. The number of aromatic nitrogens is 2. The number of methoxy groups -OCH3 is 1. The van der Waals surface area contributed by atoms with Gasteiger partial charge in [-0.1, -0.05) is 28.9 Å². The fourth-order valence-corrected chi connectivity index (χ4v) is 3.04. The van der Waals surface area contributed by atoms with E-state index in [1.165, 1.54) is 16.7 Å². The smallest absolute Gasteiger partial charge is 0.240 e. The van der Waals surface area contributed by atoms with Crippen molar-refractivity contribution in [2.75, 3.05) is 20.3 Å². The van der Waals surface area contributed by atoms with E-state index >= 15 is 0 Å². The molecule has 2 atom stereocenters. The van der Waals surface area contributed by atoms with Gasteiger partial charge in [-0.15, -0.1) is 0 Å². The Kier molecular flexibility index (Phi) is 5.28. The topological polar surface area (TPSA) is 60.6 Å². The molecule has 0 bridgehead atoms. The Labute approximate surface area is 142 Å². The van der Waals surface area contributed by atoms with Crippen LogP contribution in [-0.4, -0.2) is 41.3 Å². The van der Waals surface area contributed by atoms with Crippen molar-refractivity contribution < 1.29 is 14.0 Å². The van der Waals surface area contributed by atoms with Gasteiger partial charge < -0.3 is 14.0 Å². The van der Waals surface area contributed by atoms with Crippen LogP contribution in [0.4, 0.5) is 0 Å². The van der Waals surface area contributed by atoms with Gasteiger partial charge in [-0.05, 0) is 31.9 Å². The highest BCUT2D eigenvalue weighted by Crippen LogP contribution is 2.28. The normalized spacial score (nSPS) is 22.0. The molecule has 0 amide bonds. The van der Waals surface area contributed by atoms with Gasteiger partial charge in [0.15, 0.2) is 5.82 Å². The van der Waals surface area contributed by atoms with Gasteiger partial charge >= 0.3 is 0 Å². The number of aryl methyl sites for hydroxylation is 2. The Bertz CT molecular complexity index is 686. The van der Waals surface area contributed by atoms with Gasteiger partial charge in [0.2, 0.25) is 5.89 Å². The summed E-state index contributed by atoms with van der Waals surface area (Å²) in [4.78, 5) is 6.71. The Morgan fingerprint density at radius 3 is 2.96 bits per heavy atom. The number of benzene rings is 1. The third-order valence-corrected chi connectivity index (χ3v) is 4.47. The molecular weight excluding hydrogens is 306 g/mol. The van der Waals surface area contributed by atoms with Crippen molar-refractivity contribution in [2.45, 2.75) is 46.1 Å². The van der Waals surface area contributed by atoms with Crippen molar-refractivity contribution in [1.82, 2.24) is 15.0 Å². The van der Waals surface area contributed by atoms with E-state index in [0.717, 1.165) is 6.54 Å². The minimum Gasteiger partial charge on any atom is -0.377 e. The van der Waals surface area contributed by atoms with E-state index in [-0.39, 0.29) is 6.10 Å². The summed E-state index contributed by atoms with van der Waals surface area (Å²) in [6, 6.07) is 6.82. The Balaban J connectivity index is 1.72. The van der Waals surface area contributed by atoms with Crippen LogP contribution < -0.4 is 0 Å². The van der Waals surface area contributed by atoms with Crippen LogP contribution in [-0.2, 0) is 22.6 Å². The molecule has 3 rings (SSSR count). The highest BCUT2D eigenvalue weighted by Gasteiger charge is 2.29. The summed E-state index contributed by atoms with van der Waals surface area (Å²) in [7, 11) is 1.62. The van der Waals surface area contributed by atoms with Crippen LogP contribution in [0.5, 0.6) is 0 Å². The SMILES string of the molecule is COCc1noc(CN2C[C@H](c3cc(C)ccc3C)OC[C@@H]2C)n1. The summed E-state index contributed by atoms with van der Waals surface area (Å²) in [6.07, 6.45) is 0.0717. The molecule has 6 nitrogen and oxygen atoms in total.